The fourth-order valence-corrected chi connectivity index (χ4v) is 3.13. The van der Waals surface area contributed by atoms with Crippen molar-refractivity contribution >= 4 is 0 Å². The number of nitrogens with two attached hydrogens (primary N) is 1. The minimum atomic E-state index is 0.477. The van der Waals surface area contributed by atoms with Crippen LogP contribution in [0, 0.1) is 11.8 Å². The lowest BCUT2D eigenvalue weighted by molar-refractivity contribution is 0.135. The SMILES string of the molecule is CC1CCCCC1CN1CCC(N)CC1. The van der Waals surface area contributed by atoms with Crippen LogP contribution >= 0.6 is 0 Å². The summed E-state index contributed by atoms with van der Waals surface area (Å²) in [6.07, 6.45) is 8.26. The van der Waals surface area contributed by atoms with E-state index in [0.717, 1.165) is 11.8 Å². The molecule has 0 aromatic carbocycles. The smallest absolute Gasteiger partial charge is 0.00631 e. The lowest BCUT2D eigenvalue weighted by Gasteiger charge is -2.36. The maximum atomic E-state index is 5.93. The van der Waals surface area contributed by atoms with Gasteiger partial charge in [-0.2, -0.15) is 0 Å². The molecule has 88 valence electrons. The van der Waals surface area contributed by atoms with Crippen LogP contribution in [0.3, 0.4) is 0 Å². The molecule has 1 saturated carbocycles. The third kappa shape index (κ3) is 3.18. The topological polar surface area (TPSA) is 29.3 Å². The van der Waals surface area contributed by atoms with Crippen LogP contribution in [0.4, 0.5) is 0 Å². The van der Waals surface area contributed by atoms with Gasteiger partial charge in [-0.15, -0.1) is 0 Å². The second-order valence-corrected chi connectivity index (χ2v) is 5.66. The van der Waals surface area contributed by atoms with Gasteiger partial charge in [0.15, 0.2) is 0 Å². The number of rotatable bonds is 2. The lowest BCUT2D eigenvalue weighted by atomic mass is 9.80. The van der Waals surface area contributed by atoms with Gasteiger partial charge >= 0.3 is 0 Å². The van der Waals surface area contributed by atoms with Crippen molar-refractivity contribution in [3.8, 4) is 0 Å². The maximum Gasteiger partial charge on any atom is 0.00631 e. The Balaban J connectivity index is 1.75. The first kappa shape index (κ1) is 11.4. The van der Waals surface area contributed by atoms with Crippen LogP contribution in [0.25, 0.3) is 0 Å². The first-order chi connectivity index (χ1) is 7.25. The molecule has 1 aliphatic carbocycles. The molecule has 2 N–H and O–H groups in total. The molecule has 2 nitrogen and oxygen atoms in total. The summed E-state index contributed by atoms with van der Waals surface area (Å²) < 4.78 is 0. The Bertz CT molecular complexity index is 185. The number of piperidine rings is 1. The Morgan fingerprint density at radius 1 is 1.07 bits per heavy atom. The monoisotopic (exact) mass is 210 g/mol. The zero-order valence-electron chi connectivity index (χ0n) is 10.1. The van der Waals surface area contributed by atoms with Crippen LogP contribution in [-0.4, -0.2) is 30.6 Å². The largest absolute Gasteiger partial charge is 0.328 e. The molecule has 0 aromatic rings. The Morgan fingerprint density at radius 2 is 1.73 bits per heavy atom. The molecule has 15 heavy (non-hydrogen) atoms. The van der Waals surface area contributed by atoms with E-state index in [-0.39, 0.29) is 0 Å². The molecule has 0 amide bonds. The Hall–Kier alpha value is -0.0800. The van der Waals surface area contributed by atoms with Gasteiger partial charge in [0.05, 0.1) is 0 Å². The molecule has 0 bridgehead atoms. The van der Waals surface area contributed by atoms with Crippen molar-refractivity contribution in [2.45, 2.75) is 51.5 Å². The summed E-state index contributed by atoms with van der Waals surface area (Å²) >= 11 is 0. The molecule has 2 heteroatoms. The van der Waals surface area contributed by atoms with Crippen molar-refractivity contribution in [2.75, 3.05) is 19.6 Å². The Morgan fingerprint density at radius 3 is 2.40 bits per heavy atom. The van der Waals surface area contributed by atoms with Gasteiger partial charge in [-0.3, -0.25) is 0 Å². The van der Waals surface area contributed by atoms with Crippen molar-refractivity contribution in [1.82, 2.24) is 4.90 Å². The molecule has 2 atom stereocenters. The zero-order chi connectivity index (χ0) is 10.7. The minimum absolute atomic E-state index is 0.477. The molecule has 2 aliphatic rings. The number of likely N-dealkylation sites (tertiary alicyclic amines) is 1. The highest BCUT2D eigenvalue weighted by molar-refractivity contribution is 4.79. The highest BCUT2D eigenvalue weighted by Gasteiger charge is 2.25. The number of hydrogen-bond acceptors (Lipinski definition) is 2. The third-order valence-electron chi connectivity index (χ3n) is 4.41. The van der Waals surface area contributed by atoms with Gasteiger partial charge < -0.3 is 10.6 Å². The third-order valence-corrected chi connectivity index (χ3v) is 4.41. The molecule has 1 saturated heterocycles. The molecule has 1 aliphatic heterocycles. The Kier molecular flexibility index (Phi) is 4.04. The molecule has 0 spiro atoms. The molecule has 2 rings (SSSR count). The van der Waals surface area contributed by atoms with Crippen LogP contribution in [0.2, 0.25) is 0 Å². The first-order valence-corrected chi connectivity index (χ1v) is 6.73. The predicted octanol–water partition coefficient (Wildman–Crippen LogP) is 2.24. The van der Waals surface area contributed by atoms with Gasteiger partial charge in [-0.1, -0.05) is 26.2 Å². The van der Waals surface area contributed by atoms with Crippen molar-refractivity contribution in [3.63, 3.8) is 0 Å². The summed E-state index contributed by atoms with van der Waals surface area (Å²) in [5.74, 6) is 1.92. The number of nitrogens with zero attached hydrogens (tertiary/aromatic N) is 1. The quantitative estimate of drug-likeness (QED) is 0.757. The molecular formula is C13H26N2. The molecule has 1 heterocycles. The highest BCUT2D eigenvalue weighted by atomic mass is 15.1. The Labute approximate surface area is 94.2 Å². The van der Waals surface area contributed by atoms with Crippen molar-refractivity contribution in [3.05, 3.63) is 0 Å². The maximum absolute atomic E-state index is 5.93. The fraction of sp³-hybridized carbons (Fsp3) is 1.00. The van der Waals surface area contributed by atoms with E-state index >= 15 is 0 Å². The standard InChI is InChI=1S/C13H26N2/c1-11-4-2-3-5-12(11)10-15-8-6-13(14)7-9-15/h11-13H,2-10,14H2,1H3. The zero-order valence-corrected chi connectivity index (χ0v) is 10.1. The van der Waals surface area contributed by atoms with Gasteiger partial charge in [-0.25, -0.2) is 0 Å². The van der Waals surface area contributed by atoms with E-state index in [0.29, 0.717) is 6.04 Å². The molecular weight excluding hydrogens is 184 g/mol. The molecule has 0 radical (unpaired) electrons. The summed E-state index contributed by atoms with van der Waals surface area (Å²) in [4.78, 5) is 2.65. The highest BCUT2D eigenvalue weighted by Crippen LogP contribution is 2.30. The van der Waals surface area contributed by atoms with Crippen LogP contribution < -0.4 is 5.73 Å². The molecule has 2 fully saturated rings. The lowest BCUT2D eigenvalue weighted by Crippen LogP contribution is -2.43. The number of hydrogen-bond donors (Lipinski definition) is 1. The minimum Gasteiger partial charge on any atom is -0.328 e. The summed E-state index contributed by atoms with van der Waals surface area (Å²) in [7, 11) is 0. The van der Waals surface area contributed by atoms with Crippen LogP contribution in [0.5, 0.6) is 0 Å². The van der Waals surface area contributed by atoms with E-state index in [1.165, 1.54) is 58.2 Å². The molecule has 0 aromatic heterocycles. The van der Waals surface area contributed by atoms with E-state index in [9.17, 15) is 0 Å². The van der Waals surface area contributed by atoms with Crippen LogP contribution in [-0.2, 0) is 0 Å². The van der Waals surface area contributed by atoms with Crippen molar-refractivity contribution in [2.24, 2.45) is 17.6 Å². The van der Waals surface area contributed by atoms with E-state index < -0.39 is 0 Å². The predicted molar refractivity (Wildman–Crippen MR) is 64.8 cm³/mol. The summed E-state index contributed by atoms with van der Waals surface area (Å²) in [6, 6.07) is 0.477. The van der Waals surface area contributed by atoms with Gasteiger partial charge in [-0.05, 0) is 44.2 Å². The summed E-state index contributed by atoms with van der Waals surface area (Å²) in [6.45, 7) is 6.27. The summed E-state index contributed by atoms with van der Waals surface area (Å²) in [5.41, 5.74) is 5.93. The second-order valence-electron chi connectivity index (χ2n) is 5.66. The van der Waals surface area contributed by atoms with Crippen molar-refractivity contribution in [1.29, 1.82) is 0 Å². The van der Waals surface area contributed by atoms with Gasteiger partial charge in [0.1, 0.15) is 0 Å². The van der Waals surface area contributed by atoms with E-state index in [4.69, 9.17) is 5.73 Å². The van der Waals surface area contributed by atoms with Gasteiger partial charge in [0.25, 0.3) is 0 Å². The van der Waals surface area contributed by atoms with Gasteiger partial charge in [0, 0.05) is 12.6 Å². The second kappa shape index (κ2) is 5.31. The van der Waals surface area contributed by atoms with E-state index in [1.807, 2.05) is 0 Å². The fourth-order valence-electron chi connectivity index (χ4n) is 3.13. The van der Waals surface area contributed by atoms with Gasteiger partial charge in [0.2, 0.25) is 0 Å². The molecule has 2 unspecified atom stereocenters. The van der Waals surface area contributed by atoms with Crippen LogP contribution in [0.1, 0.15) is 45.4 Å². The average molecular weight is 210 g/mol. The average Bonchev–Trinajstić information content (AvgIpc) is 2.25. The first-order valence-electron chi connectivity index (χ1n) is 6.73. The van der Waals surface area contributed by atoms with Crippen LogP contribution in [0.15, 0.2) is 0 Å². The summed E-state index contributed by atoms with van der Waals surface area (Å²) in [5, 5.41) is 0. The van der Waals surface area contributed by atoms with E-state index in [1.54, 1.807) is 0 Å². The van der Waals surface area contributed by atoms with E-state index in [2.05, 4.69) is 11.8 Å². The normalized spacial score (nSPS) is 35.6. The van der Waals surface area contributed by atoms with Crippen molar-refractivity contribution < 1.29 is 0 Å².